The normalized spacial score (nSPS) is 10.2. The zero-order valence-electron chi connectivity index (χ0n) is 10.9. The molecule has 0 heterocycles. The summed E-state index contributed by atoms with van der Waals surface area (Å²) in [6.07, 6.45) is 0. The van der Waals surface area contributed by atoms with Crippen LogP contribution in [0, 0.1) is 11.6 Å². The van der Waals surface area contributed by atoms with Crippen molar-refractivity contribution in [2.75, 3.05) is 7.11 Å². The van der Waals surface area contributed by atoms with Gasteiger partial charge in [0.05, 0.1) is 18.2 Å². The number of esters is 1. The highest BCUT2D eigenvalue weighted by Gasteiger charge is 2.16. The molecule has 0 radical (unpaired) electrons. The Balaban J connectivity index is 2.66. The molecule has 4 nitrogen and oxygen atoms in total. The van der Waals surface area contributed by atoms with Crippen LogP contribution in [0.5, 0.6) is 0 Å². The summed E-state index contributed by atoms with van der Waals surface area (Å²) >= 11 is 0. The Kier molecular flexibility index (Phi) is 3.98. The molecule has 21 heavy (non-hydrogen) atoms. The molecule has 2 rings (SSSR count). The maximum atomic E-state index is 13.6. The number of rotatable bonds is 3. The maximum Gasteiger partial charge on any atom is 0.337 e. The van der Waals surface area contributed by atoms with Gasteiger partial charge in [-0.1, -0.05) is 0 Å². The van der Waals surface area contributed by atoms with Gasteiger partial charge in [-0.25, -0.2) is 18.4 Å². The topological polar surface area (TPSA) is 63.6 Å². The number of hydrogen-bond donors (Lipinski definition) is 1. The predicted molar refractivity (Wildman–Crippen MR) is 70.1 cm³/mol. The van der Waals surface area contributed by atoms with Crippen molar-refractivity contribution in [1.29, 1.82) is 0 Å². The lowest BCUT2D eigenvalue weighted by Gasteiger charge is -2.09. The standard InChI is InChI=1S/C15H10F2O4/c1-21-15(20)9-4-8(5-11(17)6-9)13-7-10(16)2-3-12(13)14(18)19/h2-7H,1H3,(H,18,19). The number of carbonyl (C=O) groups is 2. The number of carboxylic acids is 1. The first-order valence-electron chi connectivity index (χ1n) is 5.84. The van der Waals surface area contributed by atoms with Crippen molar-refractivity contribution in [3.63, 3.8) is 0 Å². The van der Waals surface area contributed by atoms with Gasteiger partial charge in [-0.15, -0.1) is 0 Å². The van der Waals surface area contributed by atoms with E-state index in [2.05, 4.69) is 4.74 Å². The minimum absolute atomic E-state index is 0.0212. The van der Waals surface area contributed by atoms with Crippen molar-refractivity contribution >= 4 is 11.9 Å². The third kappa shape index (κ3) is 3.05. The van der Waals surface area contributed by atoms with Gasteiger partial charge in [0.1, 0.15) is 11.6 Å². The molecule has 0 bridgehead atoms. The Labute approximate surface area is 118 Å². The Hall–Kier alpha value is -2.76. The highest BCUT2D eigenvalue weighted by molar-refractivity contribution is 5.97. The average Bonchev–Trinajstić information content (AvgIpc) is 2.45. The molecule has 0 saturated heterocycles. The summed E-state index contributed by atoms with van der Waals surface area (Å²) in [7, 11) is 1.14. The van der Waals surface area contributed by atoms with Crippen LogP contribution in [0.4, 0.5) is 8.78 Å². The van der Waals surface area contributed by atoms with E-state index in [1.165, 1.54) is 6.07 Å². The van der Waals surface area contributed by atoms with Gasteiger partial charge in [-0.2, -0.15) is 0 Å². The van der Waals surface area contributed by atoms with Crippen molar-refractivity contribution < 1.29 is 28.2 Å². The van der Waals surface area contributed by atoms with E-state index in [4.69, 9.17) is 5.11 Å². The number of carbonyl (C=O) groups excluding carboxylic acids is 1. The number of halogens is 2. The van der Waals surface area contributed by atoms with Crippen LogP contribution in [-0.2, 0) is 4.74 Å². The fraction of sp³-hybridized carbons (Fsp3) is 0.0667. The molecule has 108 valence electrons. The zero-order valence-corrected chi connectivity index (χ0v) is 10.9. The van der Waals surface area contributed by atoms with Gasteiger partial charge in [0.2, 0.25) is 0 Å². The monoisotopic (exact) mass is 292 g/mol. The van der Waals surface area contributed by atoms with Crippen molar-refractivity contribution in [2.24, 2.45) is 0 Å². The minimum Gasteiger partial charge on any atom is -0.478 e. The van der Waals surface area contributed by atoms with E-state index in [9.17, 15) is 18.4 Å². The smallest absolute Gasteiger partial charge is 0.337 e. The number of aromatic carboxylic acids is 1. The first-order valence-corrected chi connectivity index (χ1v) is 5.84. The van der Waals surface area contributed by atoms with Crippen LogP contribution in [0.1, 0.15) is 20.7 Å². The molecule has 0 amide bonds. The molecule has 0 fully saturated rings. The van der Waals surface area contributed by atoms with Gasteiger partial charge in [0, 0.05) is 0 Å². The molecule has 0 atom stereocenters. The first-order chi connectivity index (χ1) is 9.92. The molecular formula is C15H10F2O4. The Morgan fingerprint density at radius 1 is 1.05 bits per heavy atom. The lowest BCUT2D eigenvalue weighted by atomic mass is 9.97. The predicted octanol–water partition coefficient (Wildman–Crippen LogP) is 3.12. The van der Waals surface area contributed by atoms with Crippen molar-refractivity contribution in [3.8, 4) is 11.1 Å². The van der Waals surface area contributed by atoms with E-state index in [0.29, 0.717) is 0 Å². The zero-order chi connectivity index (χ0) is 15.6. The van der Waals surface area contributed by atoms with Crippen LogP contribution < -0.4 is 0 Å². The molecule has 0 spiro atoms. The largest absolute Gasteiger partial charge is 0.478 e. The van der Waals surface area contributed by atoms with E-state index < -0.39 is 23.6 Å². The molecule has 0 aliphatic heterocycles. The van der Waals surface area contributed by atoms with E-state index >= 15 is 0 Å². The molecule has 2 aromatic rings. The number of methoxy groups -OCH3 is 1. The molecule has 0 saturated carbocycles. The van der Waals surface area contributed by atoms with Crippen molar-refractivity contribution in [1.82, 2.24) is 0 Å². The SMILES string of the molecule is COC(=O)c1cc(F)cc(-c2cc(F)ccc2C(=O)O)c1. The van der Waals surface area contributed by atoms with E-state index in [1.54, 1.807) is 0 Å². The summed E-state index contributed by atoms with van der Waals surface area (Å²) in [6.45, 7) is 0. The number of carboxylic acid groups (broad SMARTS) is 1. The fourth-order valence-corrected chi connectivity index (χ4v) is 1.92. The van der Waals surface area contributed by atoms with Crippen LogP contribution in [0.2, 0.25) is 0 Å². The number of benzene rings is 2. The van der Waals surface area contributed by atoms with Crippen LogP contribution in [0.25, 0.3) is 11.1 Å². The molecule has 0 unspecified atom stereocenters. The van der Waals surface area contributed by atoms with Crippen LogP contribution in [-0.4, -0.2) is 24.2 Å². The molecule has 0 aromatic heterocycles. The van der Waals surface area contributed by atoms with Gasteiger partial charge in [-0.05, 0) is 47.5 Å². The fourth-order valence-electron chi connectivity index (χ4n) is 1.92. The Morgan fingerprint density at radius 2 is 1.76 bits per heavy atom. The van der Waals surface area contributed by atoms with Gasteiger partial charge < -0.3 is 9.84 Å². The second kappa shape index (κ2) is 5.70. The molecule has 0 aliphatic carbocycles. The number of ether oxygens (including phenoxy) is 1. The Morgan fingerprint density at radius 3 is 2.38 bits per heavy atom. The van der Waals surface area contributed by atoms with E-state index in [-0.39, 0.29) is 22.3 Å². The summed E-state index contributed by atoms with van der Waals surface area (Å²) in [5, 5.41) is 9.10. The first kappa shape index (κ1) is 14.6. The van der Waals surface area contributed by atoms with Gasteiger partial charge in [0.15, 0.2) is 0 Å². The van der Waals surface area contributed by atoms with E-state index in [0.717, 1.165) is 37.4 Å². The average molecular weight is 292 g/mol. The maximum absolute atomic E-state index is 13.6. The summed E-state index contributed by atoms with van der Waals surface area (Å²) in [5.74, 6) is -3.48. The second-order valence-electron chi connectivity index (χ2n) is 4.22. The van der Waals surface area contributed by atoms with Crippen molar-refractivity contribution in [3.05, 3.63) is 59.2 Å². The van der Waals surface area contributed by atoms with Crippen molar-refractivity contribution in [2.45, 2.75) is 0 Å². The lowest BCUT2D eigenvalue weighted by Crippen LogP contribution is -2.04. The van der Waals surface area contributed by atoms with E-state index in [1.807, 2.05) is 0 Å². The summed E-state index contributed by atoms with van der Waals surface area (Å²) in [5.41, 5.74) is -0.231. The molecule has 6 heteroatoms. The highest BCUT2D eigenvalue weighted by Crippen LogP contribution is 2.27. The summed E-state index contributed by atoms with van der Waals surface area (Å²) < 4.78 is 31.4. The minimum atomic E-state index is -1.28. The molecule has 0 aliphatic rings. The molecular weight excluding hydrogens is 282 g/mol. The third-order valence-corrected chi connectivity index (χ3v) is 2.84. The summed E-state index contributed by atoms with van der Waals surface area (Å²) in [6, 6.07) is 6.27. The Bertz CT molecular complexity index is 726. The molecule has 1 N–H and O–H groups in total. The van der Waals surface area contributed by atoms with Gasteiger partial charge >= 0.3 is 11.9 Å². The highest BCUT2D eigenvalue weighted by atomic mass is 19.1. The van der Waals surface area contributed by atoms with Gasteiger partial charge in [0.25, 0.3) is 0 Å². The quantitative estimate of drug-likeness (QED) is 0.883. The van der Waals surface area contributed by atoms with Crippen LogP contribution in [0.3, 0.4) is 0 Å². The lowest BCUT2D eigenvalue weighted by molar-refractivity contribution is 0.0599. The number of hydrogen-bond acceptors (Lipinski definition) is 3. The third-order valence-electron chi connectivity index (χ3n) is 2.84. The van der Waals surface area contributed by atoms with Crippen LogP contribution in [0.15, 0.2) is 36.4 Å². The van der Waals surface area contributed by atoms with Gasteiger partial charge in [-0.3, -0.25) is 0 Å². The molecule has 2 aromatic carbocycles. The summed E-state index contributed by atoms with van der Waals surface area (Å²) in [4.78, 5) is 22.6. The van der Waals surface area contributed by atoms with Crippen LogP contribution >= 0.6 is 0 Å². The second-order valence-corrected chi connectivity index (χ2v) is 4.22.